The zero-order valence-electron chi connectivity index (χ0n) is 18.9. The molecule has 1 fully saturated rings. The van der Waals surface area contributed by atoms with Crippen LogP contribution >= 0.6 is 0 Å². The van der Waals surface area contributed by atoms with E-state index >= 15 is 0 Å². The average Bonchev–Trinajstić information content (AvgIpc) is 3.38. The van der Waals surface area contributed by atoms with E-state index in [1.165, 1.54) is 0 Å². The second-order valence-corrected chi connectivity index (χ2v) is 8.30. The molecule has 0 aliphatic carbocycles. The summed E-state index contributed by atoms with van der Waals surface area (Å²) in [7, 11) is 1.73. The van der Waals surface area contributed by atoms with Gasteiger partial charge < -0.3 is 26.2 Å². The number of nitrogens with two attached hydrogens (primary N) is 1. The molecule has 1 aliphatic rings. The fraction of sp³-hybridized carbons (Fsp3) is 0.522. The molecule has 0 saturated carbocycles. The number of guanidine groups is 1. The van der Waals surface area contributed by atoms with Crippen molar-refractivity contribution >= 4 is 11.8 Å². The van der Waals surface area contributed by atoms with Gasteiger partial charge in [0.15, 0.2) is 5.96 Å². The van der Waals surface area contributed by atoms with Crippen LogP contribution in [0.4, 0.5) is 5.82 Å². The average molecular weight is 440 g/mol. The Morgan fingerprint density at radius 3 is 2.78 bits per heavy atom. The Morgan fingerprint density at radius 1 is 1.38 bits per heavy atom. The van der Waals surface area contributed by atoms with Gasteiger partial charge in [-0.25, -0.2) is 4.68 Å². The molecule has 2 heterocycles. The number of aliphatic hydroxyl groups is 1. The number of anilines is 1. The van der Waals surface area contributed by atoms with Crippen LogP contribution in [-0.4, -0.2) is 60.8 Å². The number of rotatable bonds is 9. The van der Waals surface area contributed by atoms with Crippen LogP contribution in [0.2, 0.25) is 0 Å². The Balaban J connectivity index is 1.54. The molecule has 172 valence electrons. The molecule has 0 amide bonds. The van der Waals surface area contributed by atoms with Gasteiger partial charge in [-0.15, -0.1) is 0 Å². The Morgan fingerprint density at radius 2 is 2.16 bits per heavy atom. The number of hydrogen-bond acceptors (Lipinski definition) is 6. The van der Waals surface area contributed by atoms with E-state index in [4.69, 9.17) is 10.5 Å². The molecular formula is C23H33N7O2. The van der Waals surface area contributed by atoms with E-state index in [-0.39, 0.29) is 12.0 Å². The summed E-state index contributed by atoms with van der Waals surface area (Å²) in [6.07, 6.45) is 3.03. The largest absolute Gasteiger partial charge is 0.396 e. The summed E-state index contributed by atoms with van der Waals surface area (Å²) >= 11 is 0. The number of nitrogens with zero attached hydrogens (tertiary/aromatic N) is 4. The van der Waals surface area contributed by atoms with Crippen molar-refractivity contribution in [2.75, 3.05) is 45.7 Å². The predicted octanol–water partition coefficient (Wildman–Crippen LogP) is 1.52. The van der Waals surface area contributed by atoms with Gasteiger partial charge in [-0.05, 0) is 44.7 Å². The topological polar surface area (TPSA) is 134 Å². The highest BCUT2D eigenvalue weighted by molar-refractivity contribution is 5.79. The lowest BCUT2D eigenvalue weighted by Gasteiger charge is -2.27. The molecule has 1 atom stereocenters. The molecular weight excluding hydrogens is 406 g/mol. The van der Waals surface area contributed by atoms with Gasteiger partial charge in [-0.2, -0.15) is 10.4 Å². The van der Waals surface area contributed by atoms with Crippen LogP contribution in [0.1, 0.15) is 36.1 Å². The molecule has 5 N–H and O–H groups in total. The lowest BCUT2D eigenvalue weighted by atomic mass is 9.84. The number of ether oxygens (including phenoxy) is 1. The highest BCUT2D eigenvalue weighted by atomic mass is 16.5. The lowest BCUT2D eigenvalue weighted by Crippen LogP contribution is -2.44. The third kappa shape index (κ3) is 5.58. The minimum atomic E-state index is -0.0472. The minimum absolute atomic E-state index is 0.0472. The SMILES string of the molecule is CN=C(NCCCc1nn(-c2ccc(C)cc2)c(N)c1C#N)NCC1(CCO)CCOC1. The highest BCUT2D eigenvalue weighted by Gasteiger charge is 2.34. The Hall–Kier alpha value is -3.09. The second kappa shape index (κ2) is 11.0. The molecule has 32 heavy (non-hydrogen) atoms. The fourth-order valence-corrected chi connectivity index (χ4v) is 3.92. The van der Waals surface area contributed by atoms with Gasteiger partial charge >= 0.3 is 0 Å². The summed E-state index contributed by atoms with van der Waals surface area (Å²) in [5.74, 6) is 1.07. The molecule has 0 bridgehead atoms. The van der Waals surface area contributed by atoms with Crippen LogP contribution in [-0.2, 0) is 11.2 Å². The molecule has 1 aromatic carbocycles. The quantitative estimate of drug-likeness (QED) is 0.264. The number of aryl methyl sites for hydroxylation is 2. The summed E-state index contributed by atoms with van der Waals surface area (Å²) in [6.45, 7) is 4.92. The van der Waals surface area contributed by atoms with Crippen molar-refractivity contribution in [3.63, 3.8) is 0 Å². The Bertz CT molecular complexity index is 954. The van der Waals surface area contributed by atoms with Crippen molar-refractivity contribution in [3.8, 4) is 11.8 Å². The third-order valence-corrected chi connectivity index (χ3v) is 5.95. The maximum Gasteiger partial charge on any atom is 0.190 e. The van der Waals surface area contributed by atoms with Gasteiger partial charge in [0.2, 0.25) is 0 Å². The van der Waals surface area contributed by atoms with Gasteiger partial charge in [0, 0.05) is 38.8 Å². The normalized spacial score (nSPS) is 18.5. The van der Waals surface area contributed by atoms with Crippen LogP contribution in [0.15, 0.2) is 29.3 Å². The predicted molar refractivity (Wildman–Crippen MR) is 125 cm³/mol. The monoisotopic (exact) mass is 439 g/mol. The first kappa shape index (κ1) is 23.6. The zero-order chi connectivity index (χ0) is 23.0. The van der Waals surface area contributed by atoms with Crippen molar-refractivity contribution in [2.24, 2.45) is 10.4 Å². The molecule has 9 nitrogen and oxygen atoms in total. The van der Waals surface area contributed by atoms with Crippen LogP contribution < -0.4 is 16.4 Å². The number of nitrogens with one attached hydrogen (secondary N) is 2. The minimum Gasteiger partial charge on any atom is -0.396 e. The molecule has 2 aromatic rings. The molecule has 1 aromatic heterocycles. The molecule has 0 spiro atoms. The maximum absolute atomic E-state index is 9.57. The van der Waals surface area contributed by atoms with E-state index in [1.54, 1.807) is 11.7 Å². The van der Waals surface area contributed by atoms with E-state index < -0.39 is 0 Å². The fourth-order valence-electron chi connectivity index (χ4n) is 3.92. The molecule has 3 rings (SSSR count). The lowest BCUT2D eigenvalue weighted by molar-refractivity contribution is 0.127. The number of nitriles is 1. The van der Waals surface area contributed by atoms with E-state index in [1.807, 2.05) is 31.2 Å². The molecule has 0 radical (unpaired) electrons. The first-order valence-corrected chi connectivity index (χ1v) is 11.0. The maximum atomic E-state index is 9.57. The van der Waals surface area contributed by atoms with Gasteiger partial charge in [-0.3, -0.25) is 4.99 Å². The number of hydrogen-bond donors (Lipinski definition) is 4. The van der Waals surface area contributed by atoms with Gasteiger partial charge in [-0.1, -0.05) is 17.7 Å². The van der Waals surface area contributed by atoms with Gasteiger partial charge in [0.05, 0.1) is 18.0 Å². The summed E-state index contributed by atoms with van der Waals surface area (Å²) in [4.78, 5) is 4.28. The Labute approximate surface area is 189 Å². The van der Waals surface area contributed by atoms with Crippen molar-refractivity contribution in [2.45, 2.75) is 32.6 Å². The standard InChI is InChI=1S/C23H33N7O2/c1-17-5-7-18(8-6-17)30-21(25)19(14-24)20(29-30)4-3-11-27-22(26-2)28-15-23(9-12-31)10-13-32-16-23/h5-8,31H,3-4,9-13,15-16,25H2,1-2H3,(H2,26,27,28). The first-order chi connectivity index (χ1) is 15.5. The Kier molecular flexibility index (Phi) is 8.09. The van der Waals surface area contributed by atoms with Crippen LogP contribution in [0.25, 0.3) is 5.69 Å². The first-order valence-electron chi connectivity index (χ1n) is 11.0. The number of nitrogen functional groups attached to an aromatic ring is 1. The third-order valence-electron chi connectivity index (χ3n) is 5.95. The molecule has 9 heteroatoms. The van der Waals surface area contributed by atoms with Crippen LogP contribution in [0.5, 0.6) is 0 Å². The number of aliphatic hydroxyl groups excluding tert-OH is 1. The number of aliphatic imine (C=N–C) groups is 1. The molecule has 1 aliphatic heterocycles. The second-order valence-electron chi connectivity index (χ2n) is 8.30. The van der Waals surface area contributed by atoms with Crippen LogP contribution in [0.3, 0.4) is 0 Å². The van der Waals surface area contributed by atoms with Crippen molar-refractivity contribution in [3.05, 3.63) is 41.1 Å². The number of aromatic nitrogens is 2. The summed E-state index contributed by atoms with van der Waals surface area (Å²) in [6, 6.07) is 10.1. The van der Waals surface area contributed by atoms with E-state index in [0.717, 1.165) is 30.7 Å². The van der Waals surface area contributed by atoms with E-state index in [9.17, 15) is 10.4 Å². The van der Waals surface area contributed by atoms with Gasteiger partial charge in [0.1, 0.15) is 17.5 Å². The smallest absolute Gasteiger partial charge is 0.190 e. The highest BCUT2D eigenvalue weighted by Crippen LogP contribution is 2.31. The number of benzene rings is 1. The van der Waals surface area contributed by atoms with E-state index in [2.05, 4.69) is 26.8 Å². The zero-order valence-corrected chi connectivity index (χ0v) is 18.9. The van der Waals surface area contributed by atoms with Crippen LogP contribution in [0, 0.1) is 23.7 Å². The van der Waals surface area contributed by atoms with Crippen molar-refractivity contribution in [1.29, 1.82) is 5.26 Å². The van der Waals surface area contributed by atoms with E-state index in [0.29, 0.717) is 55.6 Å². The summed E-state index contributed by atoms with van der Waals surface area (Å²) in [5.41, 5.74) is 9.27. The van der Waals surface area contributed by atoms with Crippen molar-refractivity contribution < 1.29 is 9.84 Å². The molecule has 1 saturated heterocycles. The van der Waals surface area contributed by atoms with Gasteiger partial charge in [0.25, 0.3) is 0 Å². The molecule has 1 unspecified atom stereocenters. The van der Waals surface area contributed by atoms with Crippen molar-refractivity contribution in [1.82, 2.24) is 20.4 Å². The summed E-state index contributed by atoms with van der Waals surface area (Å²) in [5, 5.41) is 30.2. The summed E-state index contributed by atoms with van der Waals surface area (Å²) < 4.78 is 7.17.